The summed E-state index contributed by atoms with van der Waals surface area (Å²) in [7, 11) is 0. The van der Waals surface area contributed by atoms with Crippen molar-refractivity contribution in [2.75, 3.05) is 17.6 Å². The zero-order valence-corrected chi connectivity index (χ0v) is 9.96. The number of nitrogens with two attached hydrogens (primary N) is 1. The van der Waals surface area contributed by atoms with Crippen LogP contribution in [0.3, 0.4) is 0 Å². The van der Waals surface area contributed by atoms with Gasteiger partial charge in [0, 0.05) is 11.9 Å². The molecule has 0 aliphatic heterocycles. The van der Waals surface area contributed by atoms with E-state index in [0.717, 1.165) is 23.1 Å². The summed E-state index contributed by atoms with van der Waals surface area (Å²) in [6.07, 6.45) is 1.72. The quantitative estimate of drug-likeness (QED) is 0.810. The van der Waals surface area contributed by atoms with E-state index in [1.54, 1.807) is 6.20 Å². The van der Waals surface area contributed by atoms with Crippen LogP contribution >= 0.6 is 0 Å². The van der Waals surface area contributed by atoms with E-state index in [1.807, 2.05) is 0 Å². The number of rotatable bonds is 2. The van der Waals surface area contributed by atoms with Crippen LogP contribution < -0.4 is 11.1 Å². The van der Waals surface area contributed by atoms with E-state index < -0.39 is 0 Å². The van der Waals surface area contributed by atoms with Gasteiger partial charge in [-0.2, -0.15) is 0 Å². The summed E-state index contributed by atoms with van der Waals surface area (Å²) in [4.78, 5) is 4.40. The standard InChI is InChI=1S/C13H17N3/c1-4-15-13-10-6-8(2)5-9(3)12(10)16-7-11(13)14/h5-7H,4,14H2,1-3H3,(H,15,16). The summed E-state index contributed by atoms with van der Waals surface area (Å²) in [6.45, 7) is 7.09. The molecule has 2 aromatic rings. The maximum absolute atomic E-state index is 5.95. The maximum Gasteiger partial charge on any atom is 0.0753 e. The van der Waals surface area contributed by atoms with Crippen LogP contribution in [0.2, 0.25) is 0 Å². The number of fused-ring (bicyclic) bond motifs is 1. The average Bonchev–Trinajstić information content (AvgIpc) is 2.22. The minimum atomic E-state index is 0.708. The monoisotopic (exact) mass is 215 g/mol. The first kappa shape index (κ1) is 10.7. The third-order valence-electron chi connectivity index (χ3n) is 2.69. The molecule has 0 amide bonds. The molecular weight excluding hydrogens is 198 g/mol. The fourth-order valence-electron chi connectivity index (χ4n) is 2.05. The number of benzene rings is 1. The predicted molar refractivity (Wildman–Crippen MR) is 69.8 cm³/mol. The van der Waals surface area contributed by atoms with Gasteiger partial charge < -0.3 is 11.1 Å². The molecule has 2 rings (SSSR count). The molecule has 0 aliphatic carbocycles. The molecule has 0 radical (unpaired) electrons. The Bertz CT molecular complexity index is 532. The number of aromatic nitrogens is 1. The van der Waals surface area contributed by atoms with Crippen LogP contribution in [0.1, 0.15) is 18.1 Å². The van der Waals surface area contributed by atoms with E-state index in [1.165, 1.54) is 11.1 Å². The molecular formula is C13H17N3. The SMILES string of the molecule is CCNc1c(N)cnc2c(C)cc(C)cc12. The average molecular weight is 215 g/mol. The lowest BCUT2D eigenvalue weighted by molar-refractivity contribution is 1.21. The van der Waals surface area contributed by atoms with Crippen molar-refractivity contribution in [2.45, 2.75) is 20.8 Å². The third-order valence-corrected chi connectivity index (χ3v) is 2.69. The minimum Gasteiger partial charge on any atom is -0.396 e. The van der Waals surface area contributed by atoms with Gasteiger partial charge in [0.1, 0.15) is 0 Å². The van der Waals surface area contributed by atoms with Crippen LogP contribution in [0.5, 0.6) is 0 Å². The molecule has 0 saturated heterocycles. The van der Waals surface area contributed by atoms with E-state index in [2.05, 4.69) is 43.2 Å². The summed E-state index contributed by atoms with van der Waals surface area (Å²) in [5.74, 6) is 0. The van der Waals surface area contributed by atoms with Crippen molar-refractivity contribution < 1.29 is 0 Å². The van der Waals surface area contributed by atoms with Crippen molar-refractivity contribution >= 4 is 22.3 Å². The van der Waals surface area contributed by atoms with Crippen molar-refractivity contribution in [2.24, 2.45) is 0 Å². The Kier molecular flexibility index (Phi) is 2.69. The van der Waals surface area contributed by atoms with Crippen LogP contribution in [0, 0.1) is 13.8 Å². The summed E-state index contributed by atoms with van der Waals surface area (Å²) in [5.41, 5.74) is 11.1. The molecule has 3 heteroatoms. The van der Waals surface area contributed by atoms with Crippen LogP contribution in [-0.2, 0) is 0 Å². The fourth-order valence-corrected chi connectivity index (χ4v) is 2.05. The van der Waals surface area contributed by atoms with E-state index >= 15 is 0 Å². The largest absolute Gasteiger partial charge is 0.396 e. The van der Waals surface area contributed by atoms with E-state index in [0.29, 0.717) is 5.69 Å². The number of nitrogens with one attached hydrogen (secondary N) is 1. The molecule has 0 spiro atoms. The van der Waals surface area contributed by atoms with E-state index in [-0.39, 0.29) is 0 Å². The lowest BCUT2D eigenvalue weighted by atomic mass is 10.0. The third kappa shape index (κ3) is 1.69. The molecule has 1 aromatic heterocycles. The Hall–Kier alpha value is -1.77. The van der Waals surface area contributed by atoms with Crippen molar-refractivity contribution in [3.05, 3.63) is 29.5 Å². The molecule has 84 valence electrons. The van der Waals surface area contributed by atoms with Gasteiger partial charge in [-0.25, -0.2) is 0 Å². The fraction of sp³-hybridized carbons (Fsp3) is 0.308. The zero-order chi connectivity index (χ0) is 11.7. The molecule has 16 heavy (non-hydrogen) atoms. The highest BCUT2D eigenvalue weighted by Gasteiger charge is 2.08. The number of nitrogen functional groups attached to an aromatic ring is 1. The van der Waals surface area contributed by atoms with Crippen molar-refractivity contribution in [1.29, 1.82) is 0 Å². The Labute approximate surface area is 95.7 Å². The topological polar surface area (TPSA) is 50.9 Å². The minimum absolute atomic E-state index is 0.708. The summed E-state index contributed by atoms with van der Waals surface area (Å²) < 4.78 is 0. The predicted octanol–water partition coefficient (Wildman–Crippen LogP) is 2.87. The van der Waals surface area contributed by atoms with Crippen LogP contribution in [0.25, 0.3) is 10.9 Å². The Morgan fingerprint density at radius 2 is 2.06 bits per heavy atom. The smallest absolute Gasteiger partial charge is 0.0753 e. The van der Waals surface area contributed by atoms with Gasteiger partial charge in [-0.15, -0.1) is 0 Å². The van der Waals surface area contributed by atoms with Gasteiger partial charge in [0.15, 0.2) is 0 Å². The number of hydrogen-bond donors (Lipinski definition) is 2. The van der Waals surface area contributed by atoms with Crippen LogP contribution in [-0.4, -0.2) is 11.5 Å². The number of nitrogens with zero attached hydrogens (tertiary/aromatic N) is 1. The van der Waals surface area contributed by atoms with Gasteiger partial charge in [0.05, 0.1) is 23.1 Å². The van der Waals surface area contributed by atoms with Crippen molar-refractivity contribution in [3.8, 4) is 0 Å². The lowest BCUT2D eigenvalue weighted by Crippen LogP contribution is -2.03. The molecule has 0 unspecified atom stereocenters. The number of aryl methyl sites for hydroxylation is 2. The first-order valence-electron chi connectivity index (χ1n) is 5.52. The maximum atomic E-state index is 5.95. The lowest BCUT2D eigenvalue weighted by Gasteiger charge is -2.12. The molecule has 0 bridgehead atoms. The van der Waals surface area contributed by atoms with Gasteiger partial charge in [-0.3, -0.25) is 4.98 Å². The first-order chi connectivity index (χ1) is 7.63. The second kappa shape index (κ2) is 4.00. The summed E-state index contributed by atoms with van der Waals surface area (Å²) in [5, 5.41) is 4.42. The summed E-state index contributed by atoms with van der Waals surface area (Å²) in [6, 6.07) is 4.27. The normalized spacial score (nSPS) is 10.7. The summed E-state index contributed by atoms with van der Waals surface area (Å²) >= 11 is 0. The second-order valence-corrected chi connectivity index (χ2v) is 4.10. The molecule has 1 heterocycles. The zero-order valence-electron chi connectivity index (χ0n) is 9.96. The van der Waals surface area contributed by atoms with Gasteiger partial charge in [0.25, 0.3) is 0 Å². The number of pyridine rings is 1. The molecule has 0 fully saturated rings. The Balaban J connectivity index is 2.80. The van der Waals surface area contributed by atoms with Gasteiger partial charge in [-0.05, 0) is 32.4 Å². The molecule has 0 atom stereocenters. The van der Waals surface area contributed by atoms with Gasteiger partial charge in [-0.1, -0.05) is 11.6 Å². The molecule has 0 aliphatic rings. The van der Waals surface area contributed by atoms with Gasteiger partial charge in [0.2, 0.25) is 0 Å². The Morgan fingerprint density at radius 1 is 1.31 bits per heavy atom. The van der Waals surface area contributed by atoms with Crippen LogP contribution in [0.4, 0.5) is 11.4 Å². The van der Waals surface area contributed by atoms with Crippen LogP contribution in [0.15, 0.2) is 18.3 Å². The van der Waals surface area contributed by atoms with E-state index in [9.17, 15) is 0 Å². The van der Waals surface area contributed by atoms with E-state index in [4.69, 9.17) is 5.73 Å². The highest BCUT2D eigenvalue weighted by Crippen LogP contribution is 2.30. The Morgan fingerprint density at radius 3 is 2.75 bits per heavy atom. The highest BCUT2D eigenvalue weighted by molar-refractivity contribution is 5.98. The number of anilines is 2. The molecule has 3 N–H and O–H groups in total. The van der Waals surface area contributed by atoms with Crippen molar-refractivity contribution in [1.82, 2.24) is 4.98 Å². The highest BCUT2D eigenvalue weighted by atomic mass is 14.9. The first-order valence-corrected chi connectivity index (χ1v) is 5.52. The second-order valence-electron chi connectivity index (χ2n) is 4.10. The molecule has 1 aromatic carbocycles. The molecule has 0 saturated carbocycles. The van der Waals surface area contributed by atoms with Crippen molar-refractivity contribution in [3.63, 3.8) is 0 Å². The number of hydrogen-bond acceptors (Lipinski definition) is 3. The molecule has 3 nitrogen and oxygen atoms in total. The van der Waals surface area contributed by atoms with Gasteiger partial charge >= 0.3 is 0 Å².